The number of H-pyrrole nitrogens is 1. The molecule has 6 nitrogen and oxygen atoms in total. The van der Waals surface area contributed by atoms with Crippen molar-refractivity contribution in [3.05, 3.63) is 35.3 Å². The van der Waals surface area contributed by atoms with Crippen LogP contribution in [0.5, 0.6) is 0 Å². The van der Waals surface area contributed by atoms with Gasteiger partial charge in [-0.05, 0) is 6.07 Å². The van der Waals surface area contributed by atoms with Crippen LogP contribution in [0.1, 0.15) is 0 Å². The van der Waals surface area contributed by atoms with Gasteiger partial charge in [-0.1, -0.05) is 0 Å². The van der Waals surface area contributed by atoms with E-state index in [1.54, 1.807) is 12.3 Å². The Morgan fingerprint density at radius 1 is 1.13 bits per heavy atom. The lowest BCUT2D eigenvalue weighted by atomic mass is 10.3. The van der Waals surface area contributed by atoms with Crippen LogP contribution in [0.25, 0.3) is 22.1 Å². The van der Waals surface area contributed by atoms with Gasteiger partial charge < -0.3 is 4.98 Å². The summed E-state index contributed by atoms with van der Waals surface area (Å²) in [4.78, 5) is 29.9. The quantitative estimate of drug-likeness (QED) is 0.525. The fourth-order valence-electron chi connectivity index (χ4n) is 1.40. The molecule has 0 aliphatic heterocycles. The minimum atomic E-state index is -0.259. The number of rotatable bonds is 0. The van der Waals surface area contributed by atoms with Gasteiger partial charge in [0.2, 0.25) is 0 Å². The van der Waals surface area contributed by atoms with E-state index in [0.717, 1.165) is 0 Å². The Morgan fingerprint density at radius 2 is 2.07 bits per heavy atom. The summed E-state index contributed by atoms with van der Waals surface area (Å²) in [5, 5.41) is 0. The van der Waals surface area contributed by atoms with Crippen molar-refractivity contribution in [3.63, 3.8) is 0 Å². The zero-order chi connectivity index (χ0) is 10.3. The van der Waals surface area contributed by atoms with E-state index in [2.05, 4.69) is 24.9 Å². The van der Waals surface area contributed by atoms with Crippen LogP contribution in [0.2, 0.25) is 0 Å². The predicted molar refractivity (Wildman–Crippen MR) is 53.3 cm³/mol. The van der Waals surface area contributed by atoms with E-state index in [-0.39, 0.29) is 5.56 Å². The van der Waals surface area contributed by atoms with Crippen molar-refractivity contribution in [1.29, 1.82) is 0 Å². The highest BCUT2D eigenvalue weighted by Crippen LogP contribution is 2.11. The molecular weight excluding hydrogens is 194 g/mol. The van der Waals surface area contributed by atoms with Crippen molar-refractivity contribution in [1.82, 2.24) is 24.9 Å². The molecule has 72 valence electrons. The lowest BCUT2D eigenvalue weighted by molar-refractivity contribution is 1.14. The van der Waals surface area contributed by atoms with Crippen molar-refractivity contribution in [3.8, 4) is 0 Å². The molecule has 0 saturated heterocycles. The van der Waals surface area contributed by atoms with Crippen LogP contribution < -0.4 is 5.56 Å². The molecule has 0 atom stereocenters. The Labute approximate surface area is 83.1 Å². The fraction of sp³-hybridized carbons (Fsp3) is 0. The molecule has 0 aliphatic carbocycles. The van der Waals surface area contributed by atoms with Gasteiger partial charge >= 0.3 is 0 Å². The number of nitrogens with zero attached hydrogens (tertiary/aromatic N) is 4. The third-order valence-electron chi connectivity index (χ3n) is 2.09. The Hall–Kier alpha value is -2.37. The summed E-state index contributed by atoms with van der Waals surface area (Å²) in [6.07, 6.45) is 4.34. The van der Waals surface area contributed by atoms with Crippen LogP contribution in [0.15, 0.2) is 29.7 Å². The van der Waals surface area contributed by atoms with Gasteiger partial charge in [0.25, 0.3) is 5.56 Å². The summed E-state index contributed by atoms with van der Waals surface area (Å²) in [6, 6.07) is 1.72. The Kier molecular flexibility index (Phi) is 1.49. The molecule has 15 heavy (non-hydrogen) atoms. The average molecular weight is 199 g/mol. The van der Waals surface area contributed by atoms with Crippen LogP contribution in [0, 0.1) is 0 Å². The fourth-order valence-corrected chi connectivity index (χ4v) is 1.40. The van der Waals surface area contributed by atoms with Crippen molar-refractivity contribution in [2.24, 2.45) is 0 Å². The van der Waals surface area contributed by atoms with Gasteiger partial charge in [-0.15, -0.1) is 0 Å². The monoisotopic (exact) mass is 199 g/mol. The van der Waals surface area contributed by atoms with E-state index in [4.69, 9.17) is 0 Å². The largest absolute Gasteiger partial charge is 0.311 e. The number of hydrogen-bond donors (Lipinski definition) is 1. The highest BCUT2D eigenvalue weighted by Gasteiger charge is 2.03. The maximum absolute atomic E-state index is 11.4. The lowest BCUT2D eigenvalue weighted by Gasteiger charge is -1.97. The molecule has 0 saturated carbocycles. The number of hydrogen-bond acceptors (Lipinski definition) is 5. The smallest absolute Gasteiger partial charge is 0.277 e. The number of fused-ring (bicyclic) bond motifs is 2. The molecule has 1 N–H and O–H groups in total. The van der Waals surface area contributed by atoms with Crippen molar-refractivity contribution in [2.45, 2.75) is 0 Å². The summed E-state index contributed by atoms with van der Waals surface area (Å²) >= 11 is 0. The molecule has 3 heterocycles. The van der Waals surface area contributed by atoms with E-state index in [1.165, 1.54) is 12.7 Å². The molecule has 3 aromatic rings. The van der Waals surface area contributed by atoms with Crippen LogP contribution >= 0.6 is 0 Å². The molecule has 0 aromatic carbocycles. The molecule has 0 unspecified atom stereocenters. The topological polar surface area (TPSA) is 84.4 Å². The van der Waals surface area contributed by atoms with Gasteiger partial charge in [-0.2, -0.15) is 0 Å². The number of nitrogens with one attached hydrogen (secondary N) is 1. The number of aromatic amines is 1. The van der Waals surface area contributed by atoms with Crippen molar-refractivity contribution >= 4 is 22.1 Å². The van der Waals surface area contributed by atoms with E-state index in [0.29, 0.717) is 22.1 Å². The third kappa shape index (κ3) is 1.15. The van der Waals surface area contributed by atoms with Gasteiger partial charge in [0.15, 0.2) is 5.52 Å². The van der Waals surface area contributed by atoms with E-state index < -0.39 is 0 Å². The summed E-state index contributed by atoms with van der Waals surface area (Å²) in [7, 11) is 0. The minimum absolute atomic E-state index is 0.259. The summed E-state index contributed by atoms with van der Waals surface area (Å²) < 4.78 is 0. The van der Waals surface area contributed by atoms with E-state index in [9.17, 15) is 4.79 Å². The number of pyridine rings is 1. The van der Waals surface area contributed by atoms with Gasteiger partial charge in [0.05, 0.1) is 23.6 Å². The maximum Gasteiger partial charge on any atom is 0.277 e. The van der Waals surface area contributed by atoms with Crippen LogP contribution in [0.3, 0.4) is 0 Å². The molecule has 6 heteroatoms. The number of aromatic nitrogens is 5. The highest BCUT2D eigenvalue weighted by atomic mass is 16.1. The van der Waals surface area contributed by atoms with Crippen LogP contribution in [-0.2, 0) is 0 Å². The molecule has 0 spiro atoms. The standard InChI is InChI=1S/C9H5N5O/c15-9-8-6(12-4-13-9)1-5-7(14-8)2-10-3-11-5/h1-4H,(H,12,13,15). The second kappa shape index (κ2) is 2.81. The van der Waals surface area contributed by atoms with Gasteiger partial charge in [0, 0.05) is 0 Å². The molecule has 0 aliphatic rings. The lowest BCUT2D eigenvalue weighted by Crippen LogP contribution is -2.08. The zero-order valence-electron chi connectivity index (χ0n) is 7.51. The first-order valence-corrected chi connectivity index (χ1v) is 4.29. The first-order chi connectivity index (χ1) is 7.34. The second-order valence-corrected chi connectivity index (χ2v) is 3.01. The summed E-state index contributed by atoms with van der Waals surface area (Å²) in [5.41, 5.74) is 1.84. The first kappa shape index (κ1) is 7.98. The second-order valence-electron chi connectivity index (χ2n) is 3.01. The van der Waals surface area contributed by atoms with Gasteiger partial charge in [0.1, 0.15) is 11.8 Å². The minimum Gasteiger partial charge on any atom is -0.311 e. The maximum atomic E-state index is 11.4. The SMILES string of the molecule is O=c1[nH]cnc2cc3ncncc3nc12. The Morgan fingerprint density at radius 3 is 3.00 bits per heavy atom. The molecule has 0 bridgehead atoms. The molecule has 3 rings (SSSR count). The van der Waals surface area contributed by atoms with Gasteiger partial charge in [-0.25, -0.2) is 19.9 Å². The van der Waals surface area contributed by atoms with Crippen molar-refractivity contribution < 1.29 is 0 Å². The Balaban J connectivity index is 2.59. The Bertz CT molecular complexity index is 705. The molecule has 0 fully saturated rings. The third-order valence-corrected chi connectivity index (χ3v) is 2.09. The normalized spacial score (nSPS) is 10.9. The predicted octanol–water partition coefficient (Wildman–Crippen LogP) is 0.261. The van der Waals surface area contributed by atoms with E-state index in [1.807, 2.05) is 0 Å². The zero-order valence-corrected chi connectivity index (χ0v) is 7.51. The molecule has 3 aromatic heterocycles. The van der Waals surface area contributed by atoms with E-state index >= 15 is 0 Å². The van der Waals surface area contributed by atoms with Crippen LogP contribution in [0.4, 0.5) is 0 Å². The molecule has 0 radical (unpaired) electrons. The summed E-state index contributed by atoms with van der Waals surface area (Å²) in [5.74, 6) is 0. The molecule has 0 amide bonds. The summed E-state index contributed by atoms with van der Waals surface area (Å²) in [6.45, 7) is 0. The highest BCUT2D eigenvalue weighted by molar-refractivity contribution is 5.87. The van der Waals surface area contributed by atoms with Crippen molar-refractivity contribution in [2.75, 3.05) is 0 Å². The molecular formula is C9H5N5O. The van der Waals surface area contributed by atoms with Crippen LogP contribution in [-0.4, -0.2) is 24.9 Å². The van der Waals surface area contributed by atoms with Gasteiger partial charge in [-0.3, -0.25) is 4.79 Å². The average Bonchev–Trinajstić information content (AvgIpc) is 2.27. The first-order valence-electron chi connectivity index (χ1n) is 4.29.